The van der Waals surface area contributed by atoms with Gasteiger partial charge in [0.25, 0.3) is 0 Å². The zero-order valence-electron chi connectivity index (χ0n) is 9.71. The van der Waals surface area contributed by atoms with Crippen molar-refractivity contribution in [3.05, 3.63) is 29.8 Å². The van der Waals surface area contributed by atoms with Crippen molar-refractivity contribution in [2.45, 2.75) is 39.7 Å². The monoisotopic (exact) mass is 202 g/mol. The third-order valence-corrected chi connectivity index (χ3v) is 2.01. The Labute approximate surface area is 92.5 Å². The van der Waals surface area contributed by atoms with Crippen LogP contribution in [0, 0.1) is 11.8 Å². The minimum atomic E-state index is 0.238. The first-order chi connectivity index (χ1) is 7.22. The molecule has 0 bridgehead atoms. The SMILES string of the molecule is CC#CCCc1ccc(OC(C)C)cc1. The average molecular weight is 202 g/mol. The molecule has 1 nitrogen and oxygen atoms in total. The lowest BCUT2D eigenvalue weighted by Crippen LogP contribution is -2.05. The molecule has 0 saturated heterocycles. The summed E-state index contributed by atoms with van der Waals surface area (Å²) in [6.07, 6.45) is 2.19. The Hall–Kier alpha value is -1.42. The Balaban J connectivity index is 2.51. The van der Waals surface area contributed by atoms with Gasteiger partial charge in [-0.3, -0.25) is 0 Å². The van der Waals surface area contributed by atoms with Crippen LogP contribution in [0.4, 0.5) is 0 Å². The maximum absolute atomic E-state index is 5.57. The summed E-state index contributed by atoms with van der Waals surface area (Å²) in [5.41, 5.74) is 1.31. The lowest BCUT2D eigenvalue weighted by Gasteiger charge is -2.09. The Morgan fingerprint density at radius 2 is 1.87 bits per heavy atom. The summed E-state index contributed by atoms with van der Waals surface area (Å²) in [6, 6.07) is 8.26. The zero-order valence-corrected chi connectivity index (χ0v) is 9.71. The molecule has 0 spiro atoms. The normalized spacial score (nSPS) is 9.60. The van der Waals surface area contributed by atoms with E-state index in [9.17, 15) is 0 Å². The highest BCUT2D eigenvalue weighted by Gasteiger charge is 1.97. The average Bonchev–Trinajstić information content (AvgIpc) is 2.20. The van der Waals surface area contributed by atoms with E-state index in [-0.39, 0.29) is 6.10 Å². The number of ether oxygens (including phenoxy) is 1. The summed E-state index contributed by atoms with van der Waals surface area (Å²) >= 11 is 0. The first-order valence-corrected chi connectivity index (χ1v) is 5.37. The summed E-state index contributed by atoms with van der Waals surface area (Å²) in [4.78, 5) is 0. The van der Waals surface area contributed by atoms with Gasteiger partial charge in [0.05, 0.1) is 6.10 Å². The molecule has 0 atom stereocenters. The predicted molar refractivity (Wildman–Crippen MR) is 64.0 cm³/mol. The molecule has 1 heteroatoms. The summed E-state index contributed by atoms with van der Waals surface area (Å²) in [5.74, 6) is 6.90. The van der Waals surface area contributed by atoms with Gasteiger partial charge in [0.15, 0.2) is 0 Å². The predicted octanol–water partition coefficient (Wildman–Crippen LogP) is 3.43. The van der Waals surface area contributed by atoms with Crippen molar-refractivity contribution < 1.29 is 4.74 Å². The number of benzene rings is 1. The molecule has 0 aliphatic rings. The maximum Gasteiger partial charge on any atom is 0.119 e. The molecule has 1 aromatic carbocycles. The topological polar surface area (TPSA) is 9.23 Å². The van der Waals surface area contributed by atoms with Gasteiger partial charge in [-0.25, -0.2) is 0 Å². The minimum absolute atomic E-state index is 0.238. The lowest BCUT2D eigenvalue weighted by atomic mass is 10.1. The maximum atomic E-state index is 5.57. The molecule has 0 aliphatic heterocycles. The number of hydrogen-bond donors (Lipinski definition) is 0. The molecule has 0 unspecified atom stereocenters. The zero-order chi connectivity index (χ0) is 11.1. The van der Waals surface area contributed by atoms with Gasteiger partial charge >= 0.3 is 0 Å². The van der Waals surface area contributed by atoms with Crippen molar-refractivity contribution in [3.8, 4) is 17.6 Å². The second-order valence-electron chi connectivity index (χ2n) is 3.74. The third-order valence-electron chi connectivity index (χ3n) is 2.01. The highest BCUT2D eigenvalue weighted by atomic mass is 16.5. The van der Waals surface area contributed by atoms with Crippen LogP contribution >= 0.6 is 0 Å². The van der Waals surface area contributed by atoms with Crippen LogP contribution in [0.5, 0.6) is 5.75 Å². The highest BCUT2D eigenvalue weighted by molar-refractivity contribution is 5.27. The van der Waals surface area contributed by atoms with Gasteiger partial charge in [0.1, 0.15) is 5.75 Å². The highest BCUT2D eigenvalue weighted by Crippen LogP contribution is 2.14. The van der Waals surface area contributed by atoms with Crippen molar-refractivity contribution in [3.63, 3.8) is 0 Å². The Bertz CT molecular complexity index is 338. The van der Waals surface area contributed by atoms with Gasteiger partial charge in [0, 0.05) is 6.42 Å². The fourth-order valence-corrected chi connectivity index (χ4v) is 1.34. The van der Waals surface area contributed by atoms with Gasteiger partial charge in [-0.05, 0) is 44.9 Å². The van der Waals surface area contributed by atoms with Crippen molar-refractivity contribution >= 4 is 0 Å². The van der Waals surface area contributed by atoms with E-state index in [2.05, 4.69) is 24.0 Å². The molecule has 1 aromatic rings. The van der Waals surface area contributed by atoms with Gasteiger partial charge in [-0.2, -0.15) is 0 Å². The van der Waals surface area contributed by atoms with Gasteiger partial charge in [-0.15, -0.1) is 11.8 Å². The molecular weight excluding hydrogens is 184 g/mol. The first-order valence-electron chi connectivity index (χ1n) is 5.37. The van der Waals surface area contributed by atoms with Crippen LogP contribution in [0.15, 0.2) is 24.3 Å². The summed E-state index contributed by atoms with van der Waals surface area (Å²) < 4.78 is 5.57. The Morgan fingerprint density at radius 3 is 2.40 bits per heavy atom. The van der Waals surface area contributed by atoms with E-state index in [0.29, 0.717) is 0 Å². The van der Waals surface area contributed by atoms with Gasteiger partial charge in [0.2, 0.25) is 0 Å². The molecule has 80 valence electrons. The molecule has 15 heavy (non-hydrogen) atoms. The van der Waals surface area contributed by atoms with Gasteiger partial charge < -0.3 is 4.74 Å². The van der Waals surface area contributed by atoms with E-state index in [1.54, 1.807) is 0 Å². The number of hydrogen-bond acceptors (Lipinski definition) is 1. The summed E-state index contributed by atoms with van der Waals surface area (Å²) in [6.45, 7) is 5.94. The standard InChI is InChI=1S/C14H18O/c1-4-5-6-7-13-8-10-14(11-9-13)15-12(2)3/h8-12H,6-7H2,1-3H3. The number of aryl methyl sites for hydroxylation is 1. The Kier molecular flexibility index (Phi) is 4.77. The van der Waals surface area contributed by atoms with E-state index in [0.717, 1.165) is 18.6 Å². The molecular formula is C14H18O. The van der Waals surface area contributed by atoms with Crippen LogP contribution < -0.4 is 4.74 Å². The van der Waals surface area contributed by atoms with Crippen LogP contribution in [-0.4, -0.2) is 6.10 Å². The molecule has 0 aliphatic carbocycles. The smallest absolute Gasteiger partial charge is 0.119 e. The second kappa shape index (κ2) is 6.14. The van der Waals surface area contributed by atoms with Crippen LogP contribution in [0.3, 0.4) is 0 Å². The second-order valence-corrected chi connectivity index (χ2v) is 3.74. The largest absolute Gasteiger partial charge is 0.491 e. The Morgan fingerprint density at radius 1 is 1.20 bits per heavy atom. The fourth-order valence-electron chi connectivity index (χ4n) is 1.34. The molecule has 1 rings (SSSR count). The molecule has 0 saturated carbocycles. The van der Waals surface area contributed by atoms with E-state index < -0.39 is 0 Å². The van der Waals surface area contributed by atoms with Crippen molar-refractivity contribution in [1.82, 2.24) is 0 Å². The molecule has 0 N–H and O–H groups in total. The van der Waals surface area contributed by atoms with Gasteiger partial charge in [-0.1, -0.05) is 12.1 Å². The van der Waals surface area contributed by atoms with E-state index >= 15 is 0 Å². The molecule has 0 heterocycles. The lowest BCUT2D eigenvalue weighted by molar-refractivity contribution is 0.242. The van der Waals surface area contributed by atoms with Crippen LogP contribution in [0.2, 0.25) is 0 Å². The molecule has 0 aromatic heterocycles. The van der Waals surface area contributed by atoms with Crippen LogP contribution in [-0.2, 0) is 6.42 Å². The summed E-state index contributed by atoms with van der Waals surface area (Å²) in [7, 11) is 0. The third kappa shape index (κ3) is 4.56. The van der Waals surface area contributed by atoms with Crippen molar-refractivity contribution in [2.24, 2.45) is 0 Å². The minimum Gasteiger partial charge on any atom is -0.491 e. The van der Waals surface area contributed by atoms with E-state index in [4.69, 9.17) is 4.74 Å². The van der Waals surface area contributed by atoms with E-state index in [1.165, 1.54) is 5.56 Å². The fraction of sp³-hybridized carbons (Fsp3) is 0.429. The quantitative estimate of drug-likeness (QED) is 0.680. The molecule has 0 radical (unpaired) electrons. The van der Waals surface area contributed by atoms with Crippen molar-refractivity contribution in [2.75, 3.05) is 0 Å². The first kappa shape index (κ1) is 11.7. The van der Waals surface area contributed by atoms with E-state index in [1.807, 2.05) is 32.9 Å². The molecule has 0 fully saturated rings. The summed E-state index contributed by atoms with van der Waals surface area (Å²) in [5, 5.41) is 0. The van der Waals surface area contributed by atoms with Crippen molar-refractivity contribution in [1.29, 1.82) is 0 Å². The number of rotatable bonds is 4. The molecule has 0 amide bonds. The van der Waals surface area contributed by atoms with Crippen LogP contribution in [0.25, 0.3) is 0 Å². The van der Waals surface area contributed by atoms with Crippen LogP contribution in [0.1, 0.15) is 32.8 Å².